The zero-order chi connectivity index (χ0) is 10.1. The van der Waals surface area contributed by atoms with Crippen molar-refractivity contribution in [1.29, 1.82) is 0 Å². The molecular formula is C7H4Cl2F3N. The molecule has 13 heavy (non-hydrogen) atoms. The maximum atomic E-state index is 12.1. The first-order valence-electron chi connectivity index (χ1n) is 3.20. The van der Waals surface area contributed by atoms with E-state index in [1.807, 2.05) is 0 Å². The Hall–Kier alpha value is -0.610. The molecule has 0 aliphatic rings. The van der Waals surface area contributed by atoms with E-state index in [2.05, 4.69) is 0 Å². The molecule has 0 aliphatic heterocycles. The molecule has 0 unspecified atom stereocenters. The van der Waals surface area contributed by atoms with Gasteiger partial charge in [-0.25, -0.2) is 0 Å². The second kappa shape index (κ2) is 3.64. The highest BCUT2D eigenvalue weighted by molar-refractivity contribution is 6.36. The third-order valence-electron chi connectivity index (χ3n) is 1.29. The number of rotatable bonds is 1. The minimum Gasteiger partial charge on any atom is -0.191 e. The summed E-state index contributed by atoms with van der Waals surface area (Å²) in [4.78, 5) is 0. The molecule has 1 aromatic carbocycles. The van der Waals surface area contributed by atoms with Gasteiger partial charge in [-0.1, -0.05) is 23.7 Å². The standard InChI is InChI=1S/C7H4Cl2F3N/c8-5-3-1-2-4-6(5)13(9)7(10,11)12/h1-4H. The number of nitrogens with zero attached hydrogens (tertiary/aromatic N) is 1. The molecule has 1 rings (SSSR count). The highest BCUT2D eigenvalue weighted by Crippen LogP contribution is 2.34. The summed E-state index contributed by atoms with van der Waals surface area (Å²) in [5, 5.41) is -0.0465. The van der Waals surface area contributed by atoms with Crippen LogP contribution >= 0.6 is 23.4 Å². The van der Waals surface area contributed by atoms with Crippen LogP contribution in [0.15, 0.2) is 24.3 Å². The van der Waals surface area contributed by atoms with E-state index < -0.39 is 6.30 Å². The first-order chi connectivity index (χ1) is 5.93. The van der Waals surface area contributed by atoms with E-state index in [0.717, 1.165) is 0 Å². The Morgan fingerprint density at radius 2 is 1.69 bits per heavy atom. The molecule has 0 aliphatic carbocycles. The highest BCUT2D eigenvalue weighted by atomic mass is 35.5. The number of halogens is 5. The van der Waals surface area contributed by atoms with Crippen LogP contribution in [0.2, 0.25) is 5.02 Å². The summed E-state index contributed by atoms with van der Waals surface area (Å²) in [5.41, 5.74) is -0.279. The van der Waals surface area contributed by atoms with Gasteiger partial charge < -0.3 is 0 Å². The molecule has 0 N–H and O–H groups in total. The van der Waals surface area contributed by atoms with Gasteiger partial charge in [0.25, 0.3) is 0 Å². The Morgan fingerprint density at radius 1 is 1.15 bits per heavy atom. The van der Waals surface area contributed by atoms with Gasteiger partial charge in [-0.3, -0.25) is 0 Å². The van der Waals surface area contributed by atoms with Crippen molar-refractivity contribution in [2.75, 3.05) is 4.42 Å². The molecule has 6 heteroatoms. The van der Waals surface area contributed by atoms with Crippen LogP contribution in [0.5, 0.6) is 0 Å². The molecular weight excluding hydrogens is 226 g/mol. The maximum absolute atomic E-state index is 12.1. The van der Waals surface area contributed by atoms with Crippen molar-refractivity contribution in [3.8, 4) is 0 Å². The Morgan fingerprint density at radius 3 is 2.15 bits per heavy atom. The first kappa shape index (κ1) is 10.5. The van der Waals surface area contributed by atoms with Crippen molar-refractivity contribution < 1.29 is 13.2 Å². The lowest BCUT2D eigenvalue weighted by Gasteiger charge is -2.19. The number of alkyl halides is 3. The molecule has 0 saturated carbocycles. The molecule has 1 aromatic rings. The molecule has 0 saturated heterocycles. The average Bonchev–Trinajstić information content (AvgIpc) is 2.02. The number of benzene rings is 1. The quantitative estimate of drug-likeness (QED) is 0.523. The van der Waals surface area contributed by atoms with Gasteiger partial charge >= 0.3 is 6.30 Å². The van der Waals surface area contributed by atoms with Crippen LogP contribution in [0.25, 0.3) is 0 Å². The minimum atomic E-state index is -4.63. The fourth-order valence-electron chi connectivity index (χ4n) is 0.748. The SMILES string of the molecule is FC(F)(F)N(Cl)c1ccccc1Cl. The summed E-state index contributed by atoms with van der Waals surface area (Å²) in [5.74, 6) is 0. The van der Waals surface area contributed by atoms with E-state index in [1.165, 1.54) is 24.3 Å². The van der Waals surface area contributed by atoms with E-state index in [1.54, 1.807) is 0 Å². The number of hydrogen-bond acceptors (Lipinski definition) is 1. The van der Waals surface area contributed by atoms with Crippen molar-refractivity contribution in [3.05, 3.63) is 29.3 Å². The van der Waals surface area contributed by atoms with Gasteiger partial charge in [0, 0.05) is 11.8 Å². The Bertz CT molecular complexity index is 300. The van der Waals surface area contributed by atoms with Crippen molar-refractivity contribution in [2.24, 2.45) is 0 Å². The number of anilines is 1. The Labute approximate surface area is 82.8 Å². The Kier molecular flexibility index (Phi) is 2.93. The second-order valence-electron chi connectivity index (χ2n) is 2.20. The van der Waals surface area contributed by atoms with Gasteiger partial charge in [0.05, 0.1) is 10.7 Å². The monoisotopic (exact) mass is 229 g/mol. The normalized spacial score (nSPS) is 11.5. The third kappa shape index (κ3) is 2.42. The molecule has 0 atom stereocenters. The lowest BCUT2D eigenvalue weighted by molar-refractivity contribution is -0.115. The fraction of sp³-hybridized carbons (Fsp3) is 0.143. The van der Waals surface area contributed by atoms with Crippen LogP contribution in [0.4, 0.5) is 18.9 Å². The molecule has 0 bridgehead atoms. The molecule has 0 spiro atoms. The molecule has 0 heterocycles. The van der Waals surface area contributed by atoms with Crippen molar-refractivity contribution in [3.63, 3.8) is 0 Å². The summed E-state index contributed by atoms with van der Waals surface area (Å²) in [6, 6.07) is 5.45. The van der Waals surface area contributed by atoms with Gasteiger partial charge in [0.1, 0.15) is 0 Å². The smallest absolute Gasteiger partial charge is 0.191 e. The van der Waals surface area contributed by atoms with Gasteiger partial charge in [-0.05, 0) is 12.1 Å². The zero-order valence-corrected chi connectivity index (χ0v) is 7.66. The molecule has 1 nitrogen and oxygen atoms in total. The summed E-state index contributed by atoms with van der Waals surface area (Å²) in [6.45, 7) is 0. The van der Waals surface area contributed by atoms with E-state index >= 15 is 0 Å². The minimum absolute atomic E-state index is 0.0465. The zero-order valence-electron chi connectivity index (χ0n) is 6.15. The van der Waals surface area contributed by atoms with Crippen LogP contribution in [0.1, 0.15) is 0 Å². The lowest BCUT2D eigenvalue weighted by atomic mass is 10.3. The van der Waals surface area contributed by atoms with Crippen LogP contribution in [0.3, 0.4) is 0 Å². The van der Waals surface area contributed by atoms with E-state index in [9.17, 15) is 13.2 Å². The van der Waals surface area contributed by atoms with Crippen LogP contribution < -0.4 is 4.42 Å². The van der Waals surface area contributed by atoms with Crippen LogP contribution in [-0.4, -0.2) is 6.30 Å². The van der Waals surface area contributed by atoms with Gasteiger partial charge in [-0.15, -0.1) is 13.2 Å². The Balaban J connectivity index is 3.02. The molecule has 0 aromatic heterocycles. The summed E-state index contributed by atoms with van der Waals surface area (Å²) < 4.78 is 35.8. The van der Waals surface area contributed by atoms with Crippen LogP contribution in [0, 0.1) is 0 Å². The molecule has 72 valence electrons. The number of hydrogen-bond donors (Lipinski definition) is 0. The predicted octanol–water partition coefficient (Wildman–Crippen LogP) is 3.82. The largest absolute Gasteiger partial charge is 0.499 e. The van der Waals surface area contributed by atoms with Crippen molar-refractivity contribution in [2.45, 2.75) is 6.30 Å². The van der Waals surface area contributed by atoms with E-state index in [4.69, 9.17) is 23.4 Å². The number of para-hydroxylation sites is 1. The average molecular weight is 230 g/mol. The molecule has 0 fully saturated rings. The van der Waals surface area contributed by atoms with Crippen LogP contribution in [-0.2, 0) is 0 Å². The van der Waals surface area contributed by atoms with Crippen molar-refractivity contribution in [1.82, 2.24) is 0 Å². The second-order valence-corrected chi connectivity index (χ2v) is 2.95. The van der Waals surface area contributed by atoms with E-state index in [-0.39, 0.29) is 15.1 Å². The third-order valence-corrected chi connectivity index (χ3v) is 1.98. The topological polar surface area (TPSA) is 3.24 Å². The fourth-order valence-corrected chi connectivity index (χ4v) is 1.16. The predicted molar refractivity (Wildman–Crippen MR) is 45.8 cm³/mol. The molecule has 0 amide bonds. The van der Waals surface area contributed by atoms with Gasteiger partial charge in [0.2, 0.25) is 0 Å². The summed E-state index contributed by atoms with van der Waals surface area (Å²) >= 11 is 10.5. The van der Waals surface area contributed by atoms with Gasteiger partial charge in [-0.2, -0.15) is 4.42 Å². The summed E-state index contributed by atoms with van der Waals surface area (Å²) in [7, 11) is 0. The van der Waals surface area contributed by atoms with E-state index in [0.29, 0.717) is 0 Å². The highest BCUT2D eigenvalue weighted by Gasteiger charge is 2.37. The lowest BCUT2D eigenvalue weighted by Crippen LogP contribution is -2.29. The maximum Gasteiger partial charge on any atom is 0.499 e. The first-order valence-corrected chi connectivity index (χ1v) is 3.92. The molecule has 0 radical (unpaired) electrons. The summed E-state index contributed by atoms with van der Waals surface area (Å²) in [6.07, 6.45) is -4.63. The van der Waals surface area contributed by atoms with Gasteiger partial charge in [0.15, 0.2) is 0 Å². The van der Waals surface area contributed by atoms with Crippen molar-refractivity contribution >= 4 is 29.1 Å².